The van der Waals surface area contributed by atoms with Crippen LogP contribution in [0.3, 0.4) is 0 Å². The molecule has 0 saturated heterocycles. The largest absolute Gasteiger partial charge is 0.355 e. The number of pyridine rings is 1. The molecule has 1 rings (SSSR count). The van der Waals surface area contributed by atoms with E-state index in [4.69, 9.17) is 0 Å². The summed E-state index contributed by atoms with van der Waals surface area (Å²) in [4.78, 5) is 8.14. The molecule has 1 aromatic rings. The van der Waals surface area contributed by atoms with Gasteiger partial charge in [-0.15, -0.1) is 24.0 Å². The van der Waals surface area contributed by atoms with Crippen LogP contribution in [0.15, 0.2) is 34.4 Å². The summed E-state index contributed by atoms with van der Waals surface area (Å²) < 4.78 is 26.6. The summed E-state index contributed by atoms with van der Waals surface area (Å²) in [7, 11) is -1.81. The lowest BCUT2D eigenvalue weighted by Crippen LogP contribution is -2.44. The molecule has 9 heteroatoms. The van der Waals surface area contributed by atoms with Crippen molar-refractivity contribution in [3.8, 4) is 0 Å². The molecule has 0 fully saturated rings. The van der Waals surface area contributed by atoms with Crippen molar-refractivity contribution in [2.75, 3.05) is 20.1 Å². The van der Waals surface area contributed by atoms with Crippen LogP contribution >= 0.6 is 24.0 Å². The standard InChI is InChI=1S/C16H29N5O2S.HI/c1-4-5-6-8-14(2)21-16(17-3)19-11-12-20-24(22,23)15-9-7-10-18-13-15;/h7,9-10,13-14,20H,4-6,8,11-12H2,1-3H3,(H2,17,19,21);1H. The van der Waals surface area contributed by atoms with Crippen molar-refractivity contribution in [3.63, 3.8) is 0 Å². The smallest absolute Gasteiger partial charge is 0.242 e. The van der Waals surface area contributed by atoms with Gasteiger partial charge in [-0.2, -0.15) is 0 Å². The number of aliphatic imine (C=N–C) groups is 1. The third kappa shape index (κ3) is 9.95. The number of aromatic nitrogens is 1. The lowest BCUT2D eigenvalue weighted by atomic mass is 10.1. The van der Waals surface area contributed by atoms with Crippen LogP contribution in [0, 0.1) is 0 Å². The maximum absolute atomic E-state index is 12.0. The Morgan fingerprint density at radius 3 is 2.68 bits per heavy atom. The first-order chi connectivity index (χ1) is 11.5. The third-order valence-electron chi connectivity index (χ3n) is 3.50. The second kappa shape index (κ2) is 13.3. The fraction of sp³-hybridized carbons (Fsp3) is 0.625. The number of hydrogen-bond donors (Lipinski definition) is 3. The molecule has 0 amide bonds. The van der Waals surface area contributed by atoms with Crippen molar-refractivity contribution in [1.82, 2.24) is 20.3 Å². The van der Waals surface area contributed by atoms with Crippen molar-refractivity contribution < 1.29 is 8.42 Å². The Hall–Kier alpha value is -0.940. The first-order valence-electron chi connectivity index (χ1n) is 8.36. The van der Waals surface area contributed by atoms with Gasteiger partial charge in [0, 0.05) is 38.6 Å². The quantitative estimate of drug-likeness (QED) is 0.205. The fourth-order valence-corrected chi connectivity index (χ4v) is 3.15. The van der Waals surface area contributed by atoms with Gasteiger partial charge < -0.3 is 10.6 Å². The maximum atomic E-state index is 12.0. The van der Waals surface area contributed by atoms with Crippen LogP contribution in [-0.2, 0) is 10.0 Å². The predicted octanol–water partition coefficient (Wildman–Crippen LogP) is 2.11. The van der Waals surface area contributed by atoms with Gasteiger partial charge in [0.15, 0.2) is 5.96 Å². The summed E-state index contributed by atoms with van der Waals surface area (Å²) in [5.41, 5.74) is 0. The number of nitrogens with one attached hydrogen (secondary N) is 3. The zero-order valence-electron chi connectivity index (χ0n) is 15.2. The van der Waals surface area contributed by atoms with Gasteiger partial charge in [-0.3, -0.25) is 9.98 Å². The molecule has 0 radical (unpaired) electrons. The molecule has 0 aliphatic carbocycles. The molecule has 0 aliphatic heterocycles. The highest BCUT2D eigenvalue weighted by atomic mass is 127. The van der Waals surface area contributed by atoms with Crippen LogP contribution < -0.4 is 15.4 Å². The second-order valence-corrected chi connectivity index (χ2v) is 7.39. The second-order valence-electron chi connectivity index (χ2n) is 5.63. The minimum atomic E-state index is -3.52. The van der Waals surface area contributed by atoms with Crippen LogP contribution in [0.25, 0.3) is 0 Å². The zero-order valence-corrected chi connectivity index (χ0v) is 18.3. The van der Waals surface area contributed by atoms with Gasteiger partial charge >= 0.3 is 0 Å². The first kappa shape index (κ1) is 24.1. The topological polar surface area (TPSA) is 95.5 Å². The summed E-state index contributed by atoms with van der Waals surface area (Å²) in [5, 5.41) is 6.42. The lowest BCUT2D eigenvalue weighted by molar-refractivity contribution is 0.546. The molecule has 1 unspecified atom stereocenters. The molecule has 25 heavy (non-hydrogen) atoms. The van der Waals surface area contributed by atoms with Crippen LogP contribution in [0.2, 0.25) is 0 Å². The Balaban J connectivity index is 0.00000576. The van der Waals surface area contributed by atoms with Gasteiger partial charge in [0.05, 0.1) is 0 Å². The molecule has 144 valence electrons. The first-order valence-corrected chi connectivity index (χ1v) is 9.84. The minimum absolute atomic E-state index is 0. The molecule has 0 aliphatic rings. The van der Waals surface area contributed by atoms with Gasteiger partial charge in [0.1, 0.15) is 4.90 Å². The van der Waals surface area contributed by atoms with Crippen LogP contribution in [-0.4, -0.2) is 45.5 Å². The SMILES string of the molecule is CCCCCC(C)NC(=NC)NCCNS(=O)(=O)c1cccnc1.I. The number of hydrogen-bond acceptors (Lipinski definition) is 4. The van der Waals surface area contributed by atoms with Crippen LogP contribution in [0.4, 0.5) is 0 Å². The lowest BCUT2D eigenvalue weighted by Gasteiger charge is -2.18. The molecule has 0 saturated carbocycles. The fourth-order valence-electron chi connectivity index (χ4n) is 2.16. The van der Waals surface area contributed by atoms with Crippen molar-refractivity contribution >= 4 is 40.0 Å². The van der Waals surface area contributed by atoms with E-state index < -0.39 is 10.0 Å². The van der Waals surface area contributed by atoms with Gasteiger partial charge in [0.2, 0.25) is 10.0 Å². The van der Waals surface area contributed by atoms with E-state index in [2.05, 4.69) is 39.2 Å². The number of sulfonamides is 1. The highest BCUT2D eigenvalue weighted by molar-refractivity contribution is 14.0. The van der Waals surface area contributed by atoms with Gasteiger partial charge in [-0.05, 0) is 25.5 Å². The van der Waals surface area contributed by atoms with E-state index >= 15 is 0 Å². The number of unbranched alkanes of at least 4 members (excludes halogenated alkanes) is 2. The molecular weight excluding hydrogens is 453 g/mol. The van der Waals surface area contributed by atoms with E-state index in [0.717, 1.165) is 6.42 Å². The monoisotopic (exact) mass is 483 g/mol. The van der Waals surface area contributed by atoms with E-state index in [1.807, 2.05) is 0 Å². The van der Waals surface area contributed by atoms with E-state index in [1.54, 1.807) is 13.1 Å². The zero-order chi connectivity index (χ0) is 17.8. The molecule has 7 nitrogen and oxygen atoms in total. The molecule has 0 bridgehead atoms. The summed E-state index contributed by atoms with van der Waals surface area (Å²) >= 11 is 0. The predicted molar refractivity (Wildman–Crippen MR) is 113 cm³/mol. The highest BCUT2D eigenvalue weighted by Gasteiger charge is 2.13. The van der Waals surface area contributed by atoms with E-state index in [0.29, 0.717) is 18.5 Å². The summed E-state index contributed by atoms with van der Waals surface area (Å²) in [6, 6.07) is 3.44. The van der Waals surface area contributed by atoms with Crippen molar-refractivity contribution in [3.05, 3.63) is 24.5 Å². The van der Waals surface area contributed by atoms with Crippen LogP contribution in [0.5, 0.6) is 0 Å². The van der Waals surface area contributed by atoms with Crippen molar-refractivity contribution in [2.45, 2.75) is 50.5 Å². The highest BCUT2D eigenvalue weighted by Crippen LogP contribution is 2.04. The van der Waals surface area contributed by atoms with E-state index in [9.17, 15) is 8.42 Å². The molecule has 1 aromatic heterocycles. The van der Waals surface area contributed by atoms with Crippen LogP contribution in [0.1, 0.15) is 39.5 Å². The Bertz CT molecular complexity index is 596. The van der Waals surface area contributed by atoms with E-state index in [1.165, 1.54) is 37.7 Å². The number of halogens is 1. The van der Waals surface area contributed by atoms with Gasteiger partial charge in [-0.1, -0.05) is 26.2 Å². The number of nitrogens with zero attached hydrogens (tertiary/aromatic N) is 2. The average Bonchev–Trinajstić information content (AvgIpc) is 2.58. The Morgan fingerprint density at radius 1 is 1.32 bits per heavy atom. The minimum Gasteiger partial charge on any atom is -0.355 e. The maximum Gasteiger partial charge on any atom is 0.242 e. The van der Waals surface area contributed by atoms with E-state index in [-0.39, 0.29) is 35.4 Å². The molecule has 1 atom stereocenters. The number of rotatable bonds is 10. The Kier molecular flexibility index (Phi) is 12.8. The summed E-state index contributed by atoms with van der Waals surface area (Å²) in [6.45, 7) is 5.02. The Morgan fingerprint density at radius 2 is 2.08 bits per heavy atom. The Labute approximate surface area is 168 Å². The van der Waals surface area contributed by atoms with Crippen molar-refractivity contribution in [2.24, 2.45) is 4.99 Å². The third-order valence-corrected chi connectivity index (χ3v) is 4.95. The molecule has 1 heterocycles. The van der Waals surface area contributed by atoms with Gasteiger partial charge in [-0.25, -0.2) is 13.1 Å². The average molecular weight is 483 g/mol. The van der Waals surface area contributed by atoms with Crippen molar-refractivity contribution in [1.29, 1.82) is 0 Å². The molecular formula is C16H30IN5O2S. The molecule has 3 N–H and O–H groups in total. The van der Waals surface area contributed by atoms with Gasteiger partial charge in [0.25, 0.3) is 0 Å². The summed E-state index contributed by atoms with van der Waals surface area (Å²) in [6.07, 6.45) is 7.58. The number of guanidine groups is 1. The molecule has 0 spiro atoms. The normalized spacial score (nSPS) is 13.0. The summed E-state index contributed by atoms with van der Waals surface area (Å²) in [5.74, 6) is 0.680. The molecule has 0 aromatic carbocycles.